The van der Waals surface area contributed by atoms with Crippen LogP contribution < -0.4 is 0 Å². The lowest BCUT2D eigenvalue weighted by atomic mass is 10.2. The molecule has 0 bridgehead atoms. The SMILES string of the molecule is O=Cc1nc(-c2ccccc2Cl)n2cccc(Br)c12. The number of nitrogens with zero attached hydrogens (tertiary/aromatic N) is 2. The maximum atomic E-state index is 11.2. The third kappa shape index (κ3) is 1.97. The molecule has 19 heavy (non-hydrogen) atoms. The zero-order valence-electron chi connectivity index (χ0n) is 9.68. The second-order valence-corrected chi connectivity index (χ2v) is 5.25. The molecule has 5 heteroatoms. The van der Waals surface area contributed by atoms with Gasteiger partial charge in [0.25, 0.3) is 0 Å². The van der Waals surface area contributed by atoms with Gasteiger partial charge in [-0.1, -0.05) is 23.7 Å². The maximum absolute atomic E-state index is 11.2. The van der Waals surface area contributed by atoms with Crippen molar-refractivity contribution in [1.29, 1.82) is 0 Å². The lowest BCUT2D eigenvalue weighted by Gasteiger charge is -2.03. The Morgan fingerprint density at radius 3 is 2.74 bits per heavy atom. The molecular weight excluding hydrogens is 328 g/mol. The van der Waals surface area contributed by atoms with E-state index in [0.29, 0.717) is 16.5 Å². The smallest absolute Gasteiger partial charge is 0.170 e. The monoisotopic (exact) mass is 334 g/mol. The molecule has 3 aromatic rings. The Hall–Kier alpha value is -1.65. The second-order valence-electron chi connectivity index (χ2n) is 3.99. The molecule has 0 atom stereocenters. The van der Waals surface area contributed by atoms with E-state index in [1.807, 2.05) is 40.9 Å². The van der Waals surface area contributed by atoms with Crippen molar-refractivity contribution >= 4 is 39.3 Å². The van der Waals surface area contributed by atoms with E-state index in [2.05, 4.69) is 20.9 Å². The molecule has 2 heterocycles. The van der Waals surface area contributed by atoms with E-state index >= 15 is 0 Å². The predicted molar refractivity (Wildman–Crippen MR) is 78.7 cm³/mol. The molecule has 3 nitrogen and oxygen atoms in total. The molecule has 94 valence electrons. The van der Waals surface area contributed by atoms with Gasteiger partial charge in [0, 0.05) is 16.2 Å². The van der Waals surface area contributed by atoms with Crippen LogP contribution >= 0.6 is 27.5 Å². The maximum Gasteiger partial charge on any atom is 0.170 e. The largest absolute Gasteiger partial charge is 0.298 e. The molecule has 0 aliphatic rings. The van der Waals surface area contributed by atoms with Gasteiger partial charge in [0.05, 0.1) is 10.5 Å². The Bertz CT molecular complexity index is 782. The molecule has 0 aliphatic heterocycles. The van der Waals surface area contributed by atoms with Crippen LogP contribution in [0.25, 0.3) is 16.9 Å². The van der Waals surface area contributed by atoms with Crippen LogP contribution in [0.5, 0.6) is 0 Å². The lowest BCUT2D eigenvalue weighted by molar-refractivity contribution is 0.112. The van der Waals surface area contributed by atoms with Gasteiger partial charge in [0.15, 0.2) is 6.29 Å². The summed E-state index contributed by atoms with van der Waals surface area (Å²) in [5.74, 6) is 0.656. The van der Waals surface area contributed by atoms with Crippen LogP contribution in [-0.2, 0) is 0 Å². The highest BCUT2D eigenvalue weighted by Gasteiger charge is 2.15. The molecule has 0 unspecified atom stereocenters. The highest BCUT2D eigenvalue weighted by atomic mass is 79.9. The molecule has 0 saturated carbocycles. The zero-order valence-corrected chi connectivity index (χ0v) is 12.0. The highest BCUT2D eigenvalue weighted by Crippen LogP contribution is 2.30. The Labute approximate surface area is 123 Å². The summed E-state index contributed by atoms with van der Waals surface area (Å²) in [6.07, 6.45) is 2.61. The Kier molecular flexibility index (Phi) is 3.12. The Morgan fingerprint density at radius 2 is 2.00 bits per heavy atom. The molecule has 0 aliphatic carbocycles. The van der Waals surface area contributed by atoms with Crippen LogP contribution in [0.1, 0.15) is 10.5 Å². The number of fused-ring (bicyclic) bond motifs is 1. The highest BCUT2D eigenvalue weighted by molar-refractivity contribution is 9.10. The third-order valence-corrected chi connectivity index (χ3v) is 3.84. The van der Waals surface area contributed by atoms with Crippen LogP contribution in [0.2, 0.25) is 5.02 Å². The van der Waals surface area contributed by atoms with Crippen LogP contribution in [0.4, 0.5) is 0 Å². The first kappa shape index (κ1) is 12.4. The van der Waals surface area contributed by atoms with Crippen LogP contribution in [0.3, 0.4) is 0 Å². The van der Waals surface area contributed by atoms with E-state index in [-0.39, 0.29) is 0 Å². The molecule has 0 spiro atoms. The minimum Gasteiger partial charge on any atom is -0.298 e. The van der Waals surface area contributed by atoms with Gasteiger partial charge in [-0.15, -0.1) is 0 Å². The Morgan fingerprint density at radius 1 is 1.21 bits per heavy atom. The van der Waals surface area contributed by atoms with Gasteiger partial charge in [-0.2, -0.15) is 0 Å². The van der Waals surface area contributed by atoms with E-state index in [9.17, 15) is 4.79 Å². The van der Waals surface area contributed by atoms with Crippen molar-refractivity contribution in [2.45, 2.75) is 0 Å². The van der Waals surface area contributed by atoms with Crippen molar-refractivity contribution in [2.75, 3.05) is 0 Å². The number of halogens is 2. The average molecular weight is 336 g/mol. The predicted octanol–water partition coefficient (Wildman–Crippen LogP) is 4.23. The van der Waals surface area contributed by atoms with Gasteiger partial charge in [0.1, 0.15) is 11.5 Å². The fourth-order valence-corrected chi connectivity index (χ4v) is 2.81. The van der Waals surface area contributed by atoms with Crippen molar-refractivity contribution in [3.8, 4) is 11.4 Å². The van der Waals surface area contributed by atoms with E-state index < -0.39 is 0 Å². The molecule has 1 aromatic carbocycles. The van der Waals surface area contributed by atoms with Gasteiger partial charge in [-0.3, -0.25) is 9.20 Å². The molecule has 3 rings (SSSR count). The van der Waals surface area contributed by atoms with Gasteiger partial charge >= 0.3 is 0 Å². The summed E-state index contributed by atoms with van der Waals surface area (Å²) in [6, 6.07) is 11.2. The minimum atomic E-state index is 0.391. The Balaban J connectivity index is 2.41. The van der Waals surface area contributed by atoms with Gasteiger partial charge in [-0.05, 0) is 40.2 Å². The van der Waals surface area contributed by atoms with Crippen molar-refractivity contribution in [1.82, 2.24) is 9.38 Å². The number of aldehydes is 1. The van der Waals surface area contributed by atoms with Gasteiger partial charge in [0.2, 0.25) is 0 Å². The first-order valence-electron chi connectivity index (χ1n) is 5.59. The lowest BCUT2D eigenvalue weighted by Crippen LogP contribution is -1.89. The number of aromatic nitrogens is 2. The number of pyridine rings is 1. The minimum absolute atomic E-state index is 0.391. The van der Waals surface area contributed by atoms with Gasteiger partial charge < -0.3 is 0 Å². The second kappa shape index (κ2) is 4.79. The first-order chi connectivity index (χ1) is 9.22. The summed E-state index contributed by atoms with van der Waals surface area (Å²) in [6.45, 7) is 0. The molecule has 0 N–H and O–H groups in total. The van der Waals surface area contributed by atoms with Gasteiger partial charge in [-0.25, -0.2) is 4.98 Å². The summed E-state index contributed by atoms with van der Waals surface area (Å²) in [5.41, 5.74) is 1.93. The first-order valence-corrected chi connectivity index (χ1v) is 6.76. The zero-order chi connectivity index (χ0) is 13.4. The quantitative estimate of drug-likeness (QED) is 0.657. The summed E-state index contributed by atoms with van der Waals surface area (Å²) < 4.78 is 2.68. The van der Waals surface area contributed by atoms with Crippen molar-refractivity contribution in [2.24, 2.45) is 0 Å². The van der Waals surface area contributed by atoms with Crippen molar-refractivity contribution < 1.29 is 4.79 Å². The molecule has 0 fully saturated rings. The third-order valence-electron chi connectivity index (χ3n) is 2.87. The number of imidazole rings is 1. The van der Waals surface area contributed by atoms with E-state index in [1.54, 1.807) is 6.07 Å². The number of carbonyl (C=O) groups is 1. The van der Waals surface area contributed by atoms with E-state index in [1.165, 1.54) is 0 Å². The summed E-state index contributed by atoms with van der Waals surface area (Å²) >= 11 is 9.64. The molecule has 0 radical (unpaired) electrons. The van der Waals surface area contributed by atoms with E-state index in [0.717, 1.165) is 21.8 Å². The number of hydrogen-bond acceptors (Lipinski definition) is 2. The number of carbonyl (C=O) groups excluding carboxylic acids is 1. The van der Waals surface area contributed by atoms with Crippen molar-refractivity contribution in [3.63, 3.8) is 0 Å². The van der Waals surface area contributed by atoms with Crippen LogP contribution in [0, 0.1) is 0 Å². The fraction of sp³-hybridized carbons (Fsp3) is 0. The average Bonchev–Trinajstić information content (AvgIpc) is 2.79. The van der Waals surface area contributed by atoms with Crippen LogP contribution in [-0.4, -0.2) is 15.7 Å². The van der Waals surface area contributed by atoms with E-state index in [4.69, 9.17) is 11.6 Å². The summed E-state index contributed by atoms with van der Waals surface area (Å²) in [7, 11) is 0. The normalized spacial score (nSPS) is 10.8. The number of hydrogen-bond donors (Lipinski definition) is 0. The molecule has 2 aromatic heterocycles. The fourth-order valence-electron chi connectivity index (χ4n) is 2.04. The molecular formula is C14H8BrClN2O. The number of rotatable bonds is 2. The standard InChI is InChI=1S/C14H8BrClN2O/c15-10-5-3-7-18-13(10)12(8-19)17-14(18)9-4-1-2-6-11(9)16/h1-8H. The summed E-state index contributed by atoms with van der Waals surface area (Å²) in [4.78, 5) is 15.6. The molecule has 0 saturated heterocycles. The van der Waals surface area contributed by atoms with Crippen molar-refractivity contribution in [3.05, 3.63) is 57.8 Å². The topological polar surface area (TPSA) is 34.4 Å². The van der Waals surface area contributed by atoms with Crippen LogP contribution in [0.15, 0.2) is 47.1 Å². The number of benzene rings is 1. The molecule has 0 amide bonds. The summed E-state index contributed by atoms with van der Waals surface area (Å²) in [5, 5.41) is 0.604.